The predicted molar refractivity (Wildman–Crippen MR) is 80.4 cm³/mol. The van der Waals surface area contributed by atoms with Gasteiger partial charge in [-0.15, -0.1) is 0 Å². The highest BCUT2D eigenvalue weighted by atomic mass is 16.5. The summed E-state index contributed by atoms with van der Waals surface area (Å²) >= 11 is 0. The van der Waals surface area contributed by atoms with Crippen LogP contribution in [0.1, 0.15) is 70.5 Å². The van der Waals surface area contributed by atoms with Crippen molar-refractivity contribution in [1.29, 1.82) is 0 Å². The molecule has 4 nitrogen and oxygen atoms in total. The molecule has 3 atom stereocenters. The third-order valence-electron chi connectivity index (χ3n) is 4.39. The minimum absolute atomic E-state index is 0.452. The molecule has 2 rings (SSSR count). The maximum Gasteiger partial charge on any atom is 0.226 e. The molecule has 1 aliphatic rings. The maximum absolute atomic E-state index is 5.85. The Morgan fingerprint density at radius 2 is 2.15 bits per heavy atom. The molecule has 0 bridgehead atoms. The second-order valence-electron chi connectivity index (χ2n) is 6.95. The number of aromatic nitrogens is 2. The van der Waals surface area contributed by atoms with Gasteiger partial charge in [-0.25, -0.2) is 0 Å². The molecule has 2 N–H and O–H groups in total. The molecule has 0 radical (unpaired) electrons. The topological polar surface area (TPSA) is 64.9 Å². The molecule has 1 aromatic heterocycles. The van der Waals surface area contributed by atoms with Crippen molar-refractivity contribution < 1.29 is 4.52 Å². The summed E-state index contributed by atoms with van der Waals surface area (Å²) in [5.74, 6) is 4.09. The van der Waals surface area contributed by atoms with Crippen LogP contribution in [-0.2, 0) is 6.42 Å². The lowest BCUT2D eigenvalue weighted by atomic mass is 9.82. The maximum atomic E-state index is 5.85. The van der Waals surface area contributed by atoms with Gasteiger partial charge in [0.05, 0.1) is 0 Å². The second-order valence-corrected chi connectivity index (χ2v) is 6.95. The number of rotatable bonds is 6. The lowest BCUT2D eigenvalue weighted by molar-refractivity contribution is 0.311. The van der Waals surface area contributed by atoms with Crippen molar-refractivity contribution in [2.24, 2.45) is 23.5 Å². The normalized spacial score (nSPS) is 25.1. The van der Waals surface area contributed by atoms with Crippen LogP contribution in [0.5, 0.6) is 0 Å². The zero-order chi connectivity index (χ0) is 14.5. The molecule has 0 aliphatic heterocycles. The number of nitrogens with two attached hydrogens (primary N) is 1. The molecule has 1 heterocycles. The van der Waals surface area contributed by atoms with E-state index < -0.39 is 0 Å². The van der Waals surface area contributed by atoms with Crippen molar-refractivity contribution in [3.63, 3.8) is 0 Å². The van der Waals surface area contributed by atoms with E-state index in [-0.39, 0.29) is 0 Å². The van der Waals surface area contributed by atoms with Crippen LogP contribution in [0.25, 0.3) is 0 Å². The Hall–Kier alpha value is -0.900. The van der Waals surface area contributed by atoms with Crippen LogP contribution >= 0.6 is 0 Å². The monoisotopic (exact) mass is 279 g/mol. The van der Waals surface area contributed by atoms with Gasteiger partial charge in [0.1, 0.15) is 0 Å². The Kier molecular flexibility index (Phi) is 5.58. The van der Waals surface area contributed by atoms with E-state index in [0.29, 0.717) is 24.3 Å². The summed E-state index contributed by atoms with van der Waals surface area (Å²) < 4.78 is 5.45. The fourth-order valence-corrected chi connectivity index (χ4v) is 3.36. The molecule has 0 spiro atoms. The van der Waals surface area contributed by atoms with Gasteiger partial charge in [-0.1, -0.05) is 38.8 Å². The standard InChI is InChI=1S/C16H29N3O/c1-11(2)7-13(10-17)9-15-18-16(19-20-15)14-6-4-5-12(3)8-14/h11-14H,4-10,17H2,1-3H3/t12?,13-,14?/m0/s1. The molecule has 1 aromatic rings. The summed E-state index contributed by atoms with van der Waals surface area (Å²) in [7, 11) is 0. The van der Waals surface area contributed by atoms with Crippen molar-refractivity contribution in [1.82, 2.24) is 10.1 Å². The van der Waals surface area contributed by atoms with Gasteiger partial charge in [0.15, 0.2) is 5.82 Å². The Morgan fingerprint density at radius 1 is 1.35 bits per heavy atom. The van der Waals surface area contributed by atoms with E-state index in [1.54, 1.807) is 0 Å². The zero-order valence-corrected chi connectivity index (χ0v) is 13.1. The molecule has 20 heavy (non-hydrogen) atoms. The number of hydrogen-bond donors (Lipinski definition) is 1. The summed E-state index contributed by atoms with van der Waals surface area (Å²) in [6.45, 7) is 7.47. The predicted octanol–water partition coefficient (Wildman–Crippen LogP) is 3.53. The van der Waals surface area contributed by atoms with E-state index >= 15 is 0 Å². The van der Waals surface area contributed by atoms with E-state index in [4.69, 9.17) is 10.3 Å². The molecule has 114 valence electrons. The second kappa shape index (κ2) is 7.21. The fraction of sp³-hybridized carbons (Fsp3) is 0.875. The first-order chi connectivity index (χ1) is 9.58. The van der Waals surface area contributed by atoms with Crippen LogP contribution in [0.4, 0.5) is 0 Å². The largest absolute Gasteiger partial charge is 0.339 e. The Bertz CT molecular complexity index is 402. The van der Waals surface area contributed by atoms with Gasteiger partial charge in [0.25, 0.3) is 0 Å². The fourth-order valence-electron chi connectivity index (χ4n) is 3.36. The van der Waals surface area contributed by atoms with E-state index in [2.05, 4.69) is 30.9 Å². The van der Waals surface area contributed by atoms with Crippen LogP contribution in [0.2, 0.25) is 0 Å². The third kappa shape index (κ3) is 4.30. The average molecular weight is 279 g/mol. The summed E-state index contributed by atoms with van der Waals surface area (Å²) in [6.07, 6.45) is 6.97. The molecule has 0 saturated heterocycles. The molecule has 1 fully saturated rings. The Morgan fingerprint density at radius 3 is 2.80 bits per heavy atom. The highest BCUT2D eigenvalue weighted by Gasteiger charge is 2.25. The molecule has 1 aliphatic carbocycles. The highest BCUT2D eigenvalue weighted by Crippen LogP contribution is 2.34. The summed E-state index contributed by atoms with van der Waals surface area (Å²) in [4.78, 5) is 4.63. The van der Waals surface area contributed by atoms with Gasteiger partial charge >= 0.3 is 0 Å². The van der Waals surface area contributed by atoms with Gasteiger partial charge in [0, 0.05) is 12.3 Å². The van der Waals surface area contributed by atoms with Crippen molar-refractivity contribution >= 4 is 0 Å². The molecule has 4 heteroatoms. The molecular formula is C16H29N3O. The molecule has 2 unspecified atom stereocenters. The Labute approximate surface area is 122 Å². The van der Waals surface area contributed by atoms with Crippen LogP contribution in [0.3, 0.4) is 0 Å². The number of hydrogen-bond acceptors (Lipinski definition) is 4. The van der Waals surface area contributed by atoms with Gasteiger partial charge in [0.2, 0.25) is 5.89 Å². The lowest BCUT2D eigenvalue weighted by Crippen LogP contribution is -2.19. The summed E-state index contributed by atoms with van der Waals surface area (Å²) in [6, 6.07) is 0. The van der Waals surface area contributed by atoms with E-state index in [1.165, 1.54) is 25.7 Å². The lowest BCUT2D eigenvalue weighted by Gasteiger charge is -2.23. The van der Waals surface area contributed by atoms with Crippen LogP contribution in [0.15, 0.2) is 4.52 Å². The average Bonchev–Trinajstić information content (AvgIpc) is 2.86. The van der Waals surface area contributed by atoms with Crippen LogP contribution in [0, 0.1) is 17.8 Å². The molecular weight excluding hydrogens is 250 g/mol. The summed E-state index contributed by atoms with van der Waals surface area (Å²) in [5.41, 5.74) is 5.85. The van der Waals surface area contributed by atoms with Gasteiger partial charge in [-0.3, -0.25) is 0 Å². The van der Waals surface area contributed by atoms with E-state index in [0.717, 1.165) is 30.5 Å². The SMILES string of the molecule is CC(C)C[C@H](CN)Cc1nc(C2CCCC(C)C2)no1. The number of nitrogens with zero attached hydrogens (tertiary/aromatic N) is 2. The first-order valence-electron chi connectivity index (χ1n) is 8.11. The van der Waals surface area contributed by atoms with Crippen molar-refractivity contribution in [3.05, 3.63) is 11.7 Å². The minimum Gasteiger partial charge on any atom is -0.339 e. The first kappa shape index (κ1) is 15.5. The van der Waals surface area contributed by atoms with Gasteiger partial charge < -0.3 is 10.3 Å². The van der Waals surface area contributed by atoms with Gasteiger partial charge in [-0.2, -0.15) is 4.98 Å². The third-order valence-corrected chi connectivity index (χ3v) is 4.39. The van der Waals surface area contributed by atoms with E-state index in [1.807, 2.05) is 0 Å². The van der Waals surface area contributed by atoms with Crippen LogP contribution in [-0.4, -0.2) is 16.7 Å². The molecule has 0 amide bonds. The van der Waals surface area contributed by atoms with Crippen molar-refractivity contribution in [2.75, 3.05) is 6.54 Å². The Balaban J connectivity index is 1.94. The van der Waals surface area contributed by atoms with Crippen molar-refractivity contribution in [3.8, 4) is 0 Å². The van der Waals surface area contributed by atoms with Gasteiger partial charge in [-0.05, 0) is 43.6 Å². The highest BCUT2D eigenvalue weighted by molar-refractivity contribution is 4.98. The smallest absolute Gasteiger partial charge is 0.226 e. The first-order valence-corrected chi connectivity index (χ1v) is 8.11. The van der Waals surface area contributed by atoms with Crippen LogP contribution < -0.4 is 5.73 Å². The zero-order valence-electron chi connectivity index (χ0n) is 13.1. The molecule has 1 saturated carbocycles. The summed E-state index contributed by atoms with van der Waals surface area (Å²) in [5, 5.41) is 4.21. The minimum atomic E-state index is 0.452. The molecule has 0 aromatic carbocycles. The van der Waals surface area contributed by atoms with E-state index in [9.17, 15) is 0 Å². The van der Waals surface area contributed by atoms with Crippen molar-refractivity contribution in [2.45, 2.75) is 65.2 Å². The quantitative estimate of drug-likeness (QED) is 0.865.